The third-order valence-electron chi connectivity index (χ3n) is 2.15. The molecule has 0 saturated carbocycles. The Bertz CT molecular complexity index is 159. The highest BCUT2D eigenvalue weighted by Gasteiger charge is 2.29. The van der Waals surface area contributed by atoms with Crippen LogP contribution >= 0.6 is 0 Å². The lowest BCUT2D eigenvalue weighted by Gasteiger charge is -2.18. The topological polar surface area (TPSA) is 29.5 Å². The van der Waals surface area contributed by atoms with Gasteiger partial charge in [-0.3, -0.25) is 0 Å². The minimum atomic E-state index is -0.475. The predicted octanol–water partition coefficient (Wildman–Crippen LogP) is 0.796. The molecule has 0 bridgehead atoms. The summed E-state index contributed by atoms with van der Waals surface area (Å²) in [5.74, 6) is 2.88. The van der Waals surface area contributed by atoms with E-state index in [-0.39, 0.29) is 6.10 Å². The second-order valence-electron chi connectivity index (χ2n) is 3.08. The summed E-state index contributed by atoms with van der Waals surface area (Å²) in [5, 5.41) is 9.45. The highest BCUT2D eigenvalue weighted by Crippen LogP contribution is 2.23. The van der Waals surface area contributed by atoms with E-state index < -0.39 is 6.10 Å². The van der Waals surface area contributed by atoms with Crippen LogP contribution in [0.1, 0.15) is 19.8 Å². The lowest BCUT2D eigenvalue weighted by molar-refractivity contribution is -0.0134. The maximum Gasteiger partial charge on any atom is 0.0913 e. The SMILES string of the molecule is C#CCC(O)C1OCCC1C. The van der Waals surface area contributed by atoms with Gasteiger partial charge < -0.3 is 9.84 Å². The van der Waals surface area contributed by atoms with Gasteiger partial charge >= 0.3 is 0 Å². The number of ether oxygens (including phenoxy) is 1. The molecule has 0 aliphatic carbocycles. The van der Waals surface area contributed by atoms with E-state index in [0.29, 0.717) is 12.3 Å². The summed E-state index contributed by atoms with van der Waals surface area (Å²) in [7, 11) is 0. The Hall–Kier alpha value is -0.520. The standard InChI is InChI=1S/C9H14O2/c1-3-4-8(10)9-7(2)5-6-11-9/h1,7-10H,4-6H2,2H3. The van der Waals surface area contributed by atoms with Crippen molar-refractivity contribution in [3.8, 4) is 12.3 Å². The van der Waals surface area contributed by atoms with E-state index in [1.807, 2.05) is 0 Å². The van der Waals surface area contributed by atoms with Crippen LogP contribution in [0.3, 0.4) is 0 Å². The molecule has 3 unspecified atom stereocenters. The Kier molecular flexibility index (Phi) is 2.92. The van der Waals surface area contributed by atoms with Gasteiger partial charge in [0, 0.05) is 13.0 Å². The molecular formula is C9H14O2. The molecule has 0 aromatic rings. The number of aliphatic hydroxyl groups is 1. The summed E-state index contributed by atoms with van der Waals surface area (Å²) >= 11 is 0. The van der Waals surface area contributed by atoms with E-state index >= 15 is 0 Å². The summed E-state index contributed by atoms with van der Waals surface area (Å²) < 4.78 is 5.33. The Morgan fingerprint density at radius 3 is 3.00 bits per heavy atom. The van der Waals surface area contributed by atoms with Crippen molar-refractivity contribution in [3.63, 3.8) is 0 Å². The van der Waals surface area contributed by atoms with Gasteiger partial charge in [-0.25, -0.2) is 0 Å². The zero-order valence-electron chi connectivity index (χ0n) is 6.79. The molecule has 0 radical (unpaired) electrons. The molecule has 3 atom stereocenters. The van der Waals surface area contributed by atoms with Crippen LogP contribution in [0.4, 0.5) is 0 Å². The van der Waals surface area contributed by atoms with Crippen LogP contribution < -0.4 is 0 Å². The molecule has 1 aliphatic heterocycles. The van der Waals surface area contributed by atoms with Crippen LogP contribution in [0.15, 0.2) is 0 Å². The van der Waals surface area contributed by atoms with Gasteiger partial charge in [-0.1, -0.05) is 6.92 Å². The molecule has 11 heavy (non-hydrogen) atoms. The third kappa shape index (κ3) is 1.95. The molecule has 1 fully saturated rings. The lowest BCUT2D eigenvalue weighted by Crippen LogP contribution is -2.29. The number of aliphatic hydroxyl groups excluding tert-OH is 1. The smallest absolute Gasteiger partial charge is 0.0913 e. The first-order chi connectivity index (χ1) is 5.25. The van der Waals surface area contributed by atoms with Crippen molar-refractivity contribution in [2.24, 2.45) is 5.92 Å². The van der Waals surface area contributed by atoms with Crippen LogP contribution in [0.5, 0.6) is 0 Å². The normalized spacial score (nSPS) is 33.2. The van der Waals surface area contributed by atoms with Crippen molar-refractivity contribution < 1.29 is 9.84 Å². The van der Waals surface area contributed by atoms with Crippen molar-refractivity contribution in [1.82, 2.24) is 0 Å². The van der Waals surface area contributed by atoms with E-state index in [1.54, 1.807) is 0 Å². The highest BCUT2D eigenvalue weighted by molar-refractivity contribution is 4.91. The van der Waals surface area contributed by atoms with Crippen LogP contribution in [-0.2, 0) is 4.74 Å². The van der Waals surface area contributed by atoms with E-state index in [0.717, 1.165) is 13.0 Å². The van der Waals surface area contributed by atoms with Crippen molar-refractivity contribution >= 4 is 0 Å². The molecule has 1 heterocycles. The summed E-state index contributed by atoms with van der Waals surface area (Å²) in [5.41, 5.74) is 0. The van der Waals surface area contributed by atoms with Gasteiger partial charge in [-0.2, -0.15) is 0 Å². The maximum absolute atomic E-state index is 9.45. The summed E-state index contributed by atoms with van der Waals surface area (Å²) in [4.78, 5) is 0. The molecule has 0 amide bonds. The maximum atomic E-state index is 9.45. The van der Waals surface area contributed by atoms with Crippen LogP contribution in [0.25, 0.3) is 0 Å². The number of hydrogen-bond acceptors (Lipinski definition) is 2. The average Bonchev–Trinajstić information content (AvgIpc) is 2.36. The third-order valence-corrected chi connectivity index (χ3v) is 2.15. The minimum Gasteiger partial charge on any atom is -0.389 e. The molecule has 1 saturated heterocycles. The van der Waals surface area contributed by atoms with Gasteiger partial charge in [0.05, 0.1) is 12.2 Å². The number of terminal acetylenes is 1. The molecule has 1 N–H and O–H groups in total. The quantitative estimate of drug-likeness (QED) is 0.596. The van der Waals surface area contributed by atoms with Crippen LogP contribution in [-0.4, -0.2) is 23.9 Å². The first-order valence-electron chi connectivity index (χ1n) is 3.99. The van der Waals surface area contributed by atoms with Crippen molar-refractivity contribution in [1.29, 1.82) is 0 Å². The van der Waals surface area contributed by atoms with Crippen LogP contribution in [0, 0.1) is 18.3 Å². The van der Waals surface area contributed by atoms with Crippen molar-refractivity contribution in [2.75, 3.05) is 6.61 Å². The van der Waals surface area contributed by atoms with Crippen molar-refractivity contribution in [2.45, 2.75) is 32.0 Å². The lowest BCUT2D eigenvalue weighted by atomic mass is 9.98. The zero-order valence-corrected chi connectivity index (χ0v) is 6.79. The van der Waals surface area contributed by atoms with E-state index in [9.17, 15) is 5.11 Å². The second kappa shape index (κ2) is 3.75. The molecule has 0 aromatic heterocycles. The predicted molar refractivity (Wildman–Crippen MR) is 43.0 cm³/mol. The van der Waals surface area contributed by atoms with Gasteiger partial charge in [-0.15, -0.1) is 12.3 Å². The molecule has 0 aromatic carbocycles. The Morgan fingerprint density at radius 2 is 2.55 bits per heavy atom. The molecule has 2 nitrogen and oxygen atoms in total. The first kappa shape index (κ1) is 8.58. The number of hydrogen-bond donors (Lipinski definition) is 1. The molecule has 62 valence electrons. The Labute approximate surface area is 67.6 Å². The Balaban J connectivity index is 2.40. The monoisotopic (exact) mass is 154 g/mol. The number of rotatable bonds is 2. The second-order valence-corrected chi connectivity index (χ2v) is 3.08. The van der Waals surface area contributed by atoms with Gasteiger partial charge in [-0.05, 0) is 12.3 Å². The van der Waals surface area contributed by atoms with E-state index in [4.69, 9.17) is 11.2 Å². The summed E-state index contributed by atoms with van der Waals surface area (Å²) in [6, 6.07) is 0. The molecule has 0 spiro atoms. The van der Waals surface area contributed by atoms with Gasteiger partial charge in [0.2, 0.25) is 0 Å². The Morgan fingerprint density at radius 1 is 1.82 bits per heavy atom. The summed E-state index contributed by atoms with van der Waals surface area (Å²) in [6.45, 7) is 2.84. The summed E-state index contributed by atoms with van der Waals surface area (Å²) in [6.07, 6.45) is 6.00. The van der Waals surface area contributed by atoms with E-state index in [1.165, 1.54) is 0 Å². The fraction of sp³-hybridized carbons (Fsp3) is 0.778. The molecule has 1 aliphatic rings. The highest BCUT2D eigenvalue weighted by atomic mass is 16.5. The largest absolute Gasteiger partial charge is 0.389 e. The first-order valence-corrected chi connectivity index (χ1v) is 3.99. The fourth-order valence-corrected chi connectivity index (χ4v) is 1.45. The fourth-order valence-electron chi connectivity index (χ4n) is 1.45. The van der Waals surface area contributed by atoms with Gasteiger partial charge in [0.25, 0.3) is 0 Å². The average molecular weight is 154 g/mol. The van der Waals surface area contributed by atoms with Gasteiger partial charge in [0.1, 0.15) is 0 Å². The van der Waals surface area contributed by atoms with Crippen molar-refractivity contribution in [3.05, 3.63) is 0 Å². The zero-order chi connectivity index (χ0) is 8.27. The van der Waals surface area contributed by atoms with Crippen LogP contribution in [0.2, 0.25) is 0 Å². The molecule has 1 rings (SSSR count). The molecular weight excluding hydrogens is 140 g/mol. The molecule has 2 heteroatoms. The van der Waals surface area contributed by atoms with E-state index in [2.05, 4.69) is 12.8 Å². The van der Waals surface area contributed by atoms with Gasteiger partial charge in [0.15, 0.2) is 0 Å². The minimum absolute atomic E-state index is 0.0361.